The summed E-state index contributed by atoms with van der Waals surface area (Å²) in [7, 11) is 0. The van der Waals surface area contributed by atoms with Crippen LogP contribution in [0.25, 0.3) is 10.1 Å². The molecule has 3 heteroatoms. The lowest BCUT2D eigenvalue weighted by Gasteiger charge is -2.11. The Morgan fingerprint density at radius 1 is 1.12 bits per heavy atom. The molecule has 1 N–H and O–H groups in total. The molecule has 0 spiro atoms. The number of hydrogen-bond donors (Lipinski definition) is 1. The highest BCUT2D eigenvalue weighted by Gasteiger charge is 2.13. The number of nitrogens with zero attached hydrogens (tertiary/aromatic N) is 1. The highest BCUT2D eigenvalue weighted by atomic mass is 32.1. The van der Waals surface area contributed by atoms with Crippen molar-refractivity contribution in [3.8, 4) is 0 Å². The Morgan fingerprint density at radius 2 is 2.06 bits per heavy atom. The number of fused-ring (bicyclic) bond motifs is 1. The minimum absolute atomic E-state index is 0.606. The molecule has 17 heavy (non-hydrogen) atoms. The van der Waals surface area contributed by atoms with E-state index in [4.69, 9.17) is 0 Å². The molecule has 2 aromatic heterocycles. The van der Waals surface area contributed by atoms with Crippen LogP contribution in [0.1, 0.15) is 17.2 Å². The van der Waals surface area contributed by atoms with E-state index in [9.17, 15) is 5.11 Å². The van der Waals surface area contributed by atoms with Gasteiger partial charge < -0.3 is 5.11 Å². The molecular weight excluding hydrogens is 230 g/mol. The first-order chi connectivity index (χ1) is 8.36. The van der Waals surface area contributed by atoms with Crippen LogP contribution in [0.3, 0.4) is 0 Å². The largest absolute Gasteiger partial charge is 0.384 e. The van der Waals surface area contributed by atoms with E-state index in [0.717, 1.165) is 15.8 Å². The smallest absolute Gasteiger partial charge is 0.107 e. The molecule has 3 rings (SSSR count). The fourth-order valence-electron chi connectivity index (χ4n) is 1.95. The van der Waals surface area contributed by atoms with Crippen LogP contribution in [-0.2, 0) is 0 Å². The van der Waals surface area contributed by atoms with Crippen LogP contribution < -0.4 is 0 Å². The average Bonchev–Trinajstić information content (AvgIpc) is 2.87. The van der Waals surface area contributed by atoms with Crippen LogP contribution in [0.2, 0.25) is 0 Å². The number of hydrogen-bond acceptors (Lipinski definition) is 3. The monoisotopic (exact) mass is 241 g/mol. The molecule has 2 heterocycles. The van der Waals surface area contributed by atoms with E-state index in [1.165, 1.54) is 5.39 Å². The van der Waals surface area contributed by atoms with Crippen molar-refractivity contribution < 1.29 is 5.11 Å². The summed E-state index contributed by atoms with van der Waals surface area (Å²) < 4.78 is 1.14. The molecule has 0 radical (unpaired) electrons. The summed E-state index contributed by atoms with van der Waals surface area (Å²) in [6.45, 7) is 0. The third kappa shape index (κ3) is 1.84. The number of pyridine rings is 1. The minimum Gasteiger partial charge on any atom is -0.384 e. The van der Waals surface area contributed by atoms with Crippen LogP contribution in [0.15, 0.2) is 54.2 Å². The van der Waals surface area contributed by atoms with Gasteiger partial charge in [0.1, 0.15) is 6.10 Å². The number of benzene rings is 1. The predicted molar refractivity (Wildman–Crippen MR) is 70.1 cm³/mol. The molecule has 0 fully saturated rings. The van der Waals surface area contributed by atoms with Crippen molar-refractivity contribution in [2.24, 2.45) is 0 Å². The van der Waals surface area contributed by atoms with Gasteiger partial charge in [0.25, 0.3) is 0 Å². The molecule has 0 bridgehead atoms. The summed E-state index contributed by atoms with van der Waals surface area (Å²) in [5.74, 6) is 0. The van der Waals surface area contributed by atoms with Gasteiger partial charge in [0.05, 0.1) is 0 Å². The predicted octanol–water partition coefficient (Wildman–Crippen LogP) is 3.38. The summed E-state index contributed by atoms with van der Waals surface area (Å²) in [6, 6.07) is 11.8. The van der Waals surface area contributed by atoms with Gasteiger partial charge in [0, 0.05) is 28.2 Å². The molecule has 1 aromatic carbocycles. The van der Waals surface area contributed by atoms with Gasteiger partial charge in [-0.05, 0) is 22.9 Å². The van der Waals surface area contributed by atoms with E-state index >= 15 is 0 Å². The second-order valence-electron chi connectivity index (χ2n) is 3.88. The Kier molecular flexibility index (Phi) is 2.63. The van der Waals surface area contributed by atoms with Gasteiger partial charge in [-0.1, -0.05) is 24.3 Å². The summed E-state index contributed by atoms with van der Waals surface area (Å²) in [4.78, 5) is 4.04. The van der Waals surface area contributed by atoms with Crippen molar-refractivity contribution in [3.05, 3.63) is 65.3 Å². The van der Waals surface area contributed by atoms with Gasteiger partial charge in [-0.2, -0.15) is 0 Å². The molecular formula is C14H11NOS. The van der Waals surface area contributed by atoms with Gasteiger partial charge in [0.2, 0.25) is 0 Å². The molecule has 84 valence electrons. The summed E-state index contributed by atoms with van der Waals surface area (Å²) >= 11 is 1.66. The Balaban J connectivity index is 2.13. The molecule has 3 aromatic rings. The molecule has 0 aliphatic rings. The van der Waals surface area contributed by atoms with Crippen molar-refractivity contribution >= 4 is 21.4 Å². The number of aliphatic hydroxyl groups is 1. The number of aliphatic hydroxyl groups excluding tert-OH is 1. The number of aromatic nitrogens is 1. The average molecular weight is 241 g/mol. The summed E-state index contributed by atoms with van der Waals surface area (Å²) in [6.07, 6.45) is 2.81. The van der Waals surface area contributed by atoms with Gasteiger partial charge >= 0.3 is 0 Å². The van der Waals surface area contributed by atoms with E-state index in [0.29, 0.717) is 0 Å². The lowest BCUT2D eigenvalue weighted by molar-refractivity contribution is 0.221. The van der Waals surface area contributed by atoms with Gasteiger partial charge in [-0.25, -0.2) is 0 Å². The van der Waals surface area contributed by atoms with Crippen LogP contribution >= 0.6 is 11.3 Å². The first-order valence-electron chi connectivity index (χ1n) is 5.40. The molecule has 2 nitrogen and oxygen atoms in total. The third-order valence-corrected chi connectivity index (χ3v) is 3.78. The second-order valence-corrected chi connectivity index (χ2v) is 4.79. The highest BCUT2D eigenvalue weighted by Crippen LogP contribution is 2.31. The fourth-order valence-corrected chi connectivity index (χ4v) is 2.89. The maximum Gasteiger partial charge on any atom is 0.107 e. The second kappa shape index (κ2) is 4.28. The van der Waals surface area contributed by atoms with Crippen molar-refractivity contribution in [1.29, 1.82) is 0 Å². The van der Waals surface area contributed by atoms with Gasteiger partial charge in [-0.3, -0.25) is 4.98 Å². The lowest BCUT2D eigenvalue weighted by atomic mass is 10.0. The normalized spacial score (nSPS) is 12.8. The number of rotatable bonds is 2. The molecule has 0 amide bonds. The fraction of sp³-hybridized carbons (Fsp3) is 0.0714. The Bertz CT molecular complexity index is 633. The molecule has 1 unspecified atom stereocenters. The Morgan fingerprint density at radius 3 is 2.88 bits per heavy atom. The standard InChI is InChI=1S/C14H11NOS/c16-13(11-4-2-7-15-9-11)12-5-1-3-10-6-8-17-14(10)12/h1-9,13,16H. The van der Waals surface area contributed by atoms with Crippen LogP contribution in [0.5, 0.6) is 0 Å². The van der Waals surface area contributed by atoms with Crippen molar-refractivity contribution in [3.63, 3.8) is 0 Å². The molecule has 0 saturated carbocycles. The van der Waals surface area contributed by atoms with Crippen molar-refractivity contribution in [2.45, 2.75) is 6.10 Å². The van der Waals surface area contributed by atoms with Gasteiger partial charge in [0.15, 0.2) is 0 Å². The minimum atomic E-state index is -0.606. The zero-order valence-electron chi connectivity index (χ0n) is 9.08. The van der Waals surface area contributed by atoms with E-state index < -0.39 is 6.10 Å². The van der Waals surface area contributed by atoms with E-state index in [2.05, 4.69) is 17.1 Å². The summed E-state index contributed by atoms with van der Waals surface area (Å²) in [5, 5.41) is 13.6. The molecule has 1 atom stereocenters. The maximum absolute atomic E-state index is 10.4. The van der Waals surface area contributed by atoms with E-state index in [1.54, 1.807) is 23.7 Å². The Hall–Kier alpha value is -1.71. The zero-order valence-corrected chi connectivity index (χ0v) is 9.89. The first kappa shape index (κ1) is 10.4. The lowest BCUT2D eigenvalue weighted by Crippen LogP contribution is -1.99. The van der Waals surface area contributed by atoms with Crippen LogP contribution in [0.4, 0.5) is 0 Å². The molecule has 0 saturated heterocycles. The quantitative estimate of drug-likeness (QED) is 0.746. The number of thiophene rings is 1. The topological polar surface area (TPSA) is 33.1 Å². The summed E-state index contributed by atoms with van der Waals surface area (Å²) in [5.41, 5.74) is 1.78. The van der Waals surface area contributed by atoms with Gasteiger partial charge in [-0.15, -0.1) is 11.3 Å². The van der Waals surface area contributed by atoms with Crippen molar-refractivity contribution in [1.82, 2.24) is 4.98 Å². The van der Waals surface area contributed by atoms with E-state index in [1.807, 2.05) is 29.6 Å². The van der Waals surface area contributed by atoms with Crippen LogP contribution in [-0.4, -0.2) is 10.1 Å². The Labute approximate surface area is 103 Å². The highest BCUT2D eigenvalue weighted by molar-refractivity contribution is 7.17. The molecule has 0 aliphatic heterocycles. The SMILES string of the molecule is OC(c1cccnc1)c1cccc2ccsc12. The maximum atomic E-state index is 10.4. The van der Waals surface area contributed by atoms with E-state index in [-0.39, 0.29) is 0 Å². The zero-order chi connectivity index (χ0) is 11.7. The van der Waals surface area contributed by atoms with Crippen molar-refractivity contribution in [2.75, 3.05) is 0 Å². The third-order valence-electron chi connectivity index (χ3n) is 2.80. The van der Waals surface area contributed by atoms with Crippen LogP contribution in [0, 0.1) is 0 Å². The first-order valence-corrected chi connectivity index (χ1v) is 6.28. The molecule has 0 aliphatic carbocycles.